The summed E-state index contributed by atoms with van der Waals surface area (Å²) >= 11 is 0. The first-order valence-electron chi connectivity index (χ1n) is 16.0. The molecule has 0 saturated carbocycles. The number of aryl methyl sites for hydroxylation is 3. The molecule has 0 unspecified atom stereocenters. The van der Waals surface area contributed by atoms with Gasteiger partial charge in [0, 0.05) is 21.9 Å². The van der Waals surface area contributed by atoms with Gasteiger partial charge in [-0.15, -0.1) is 0 Å². The van der Waals surface area contributed by atoms with Crippen LogP contribution < -0.4 is 5.56 Å². The number of fused-ring (bicyclic) bond motifs is 5. The summed E-state index contributed by atoms with van der Waals surface area (Å²) in [4.78, 5) is 35.1. The zero-order valence-electron chi connectivity index (χ0n) is 30.1. The summed E-state index contributed by atoms with van der Waals surface area (Å²) in [7, 11) is 0. The predicted molar refractivity (Wildman–Crippen MR) is 179 cm³/mol. The number of esters is 1. The maximum atomic E-state index is 15.1. The minimum absolute atomic E-state index is 0.160. The summed E-state index contributed by atoms with van der Waals surface area (Å²) in [5, 5.41) is 1.16. The van der Waals surface area contributed by atoms with E-state index in [9.17, 15) is 4.79 Å². The Balaban J connectivity index is 2.08. The number of rotatable bonds is 3. The van der Waals surface area contributed by atoms with Crippen LogP contribution in [0.4, 0.5) is 0 Å². The van der Waals surface area contributed by atoms with Crippen molar-refractivity contribution in [2.75, 3.05) is 0 Å². The van der Waals surface area contributed by atoms with Gasteiger partial charge in [-0.2, -0.15) is 0 Å². The lowest BCUT2D eigenvalue weighted by Gasteiger charge is -2.56. The van der Waals surface area contributed by atoms with Gasteiger partial charge in [-0.05, 0) is 122 Å². The fourth-order valence-corrected chi connectivity index (χ4v) is 8.16. The lowest BCUT2D eigenvalue weighted by molar-refractivity contribution is -0.237. The molecule has 0 spiro atoms. The Morgan fingerprint density at radius 1 is 0.750 bits per heavy atom. The molecule has 1 aromatic carbocycles. The van der Waals surface area contributed by atoms with E-state index >= 15 is 4.79 Å². The summed E-state index contributed by atoms with van der Waals surface area (Å²) in [6, 6.07) is 0. The highest BCUT2D eigenvalue weighted by Crippen LogP contribution is 2.60. The van der Waals surface area contributed by atoms with Gasteiger partial charge in [-0.3, -0.25) is 9.36 Å². The van der Waals surface area contributed by atoms with Crippen LogP contribution >= 0.6 is 0 Å². The Labute approximate surface area is 263 Å². The van der Waals surface area contributed by atoms with Crippen molar-refractivity contribution in [1.82, 2.24) is 9.55 Å². The second kappa shape index (κ2) is 9.28. The van der Waals surface area contributed by atoms with E-state index in [1.807, 2.05) is 39.2 Å². The molecule has 5 rings (SSSR count). The lowest BCUT2D eigenvalue weighted by atomic mass is 9.55. The molecule has 0 radical (unpaired) electrons. The van der Waals surface area contributed by atoms with E-state index < -0.39 is 33.5 Å². The predicted octanol–water partition coefficient (Wildman–Crippen LogP) is 8.50. The summed E-state index contributed by atoms with van der Waals surface area (Å²) < 4.78 is 15.1. The zero-order valence-corrected chi connectivity index (χ0v) is 30.1. The van der Waals surface area contributed by atoms with Crippen molar-refractivity contribution in [1.29, 1.82) is 0 Å². The number of cyclic esters (lactones) is 1. The van der Waals surface area contributed by atoms with Crippen LogP contribution in [0.1, 0.15) is 126 Å². The van der Waals surface area contributed by atoms with Crippen LogP contribution in [0, 0.1) is 52.4 Å². The van der Waals surface area contributed by atoms with Gasteiger partial charge in [0.2, 0.25) is 0 Å². The van der Waals surface area contributed by atoms with E-state index in [0.29, 0.717) is 11.1 Å². The van der Waals surface area contributed by atoms with E-state index in [2.05, 4.69) is 83.1 Å². The highest BCUT2D eigenvalue weighted by molar-refractivity contribution is 5.95. The topological polar surface area (TPSA) is 70.4 Å². The Hall–Kier alpha value is -2.99. The third-order valence-corrected chi connectivity index (χ3v) is 11.6. The van der Waals surface area contributed by atoms with Crippen molar-refractivity contribution in [3.05, 3.63) is 60.4 Å². The second-order valence-electron chi connectivity index (χ2n) is 16.2. The minimum Gasteiger partial charge on any atom is -0.452 e. The van der Waals surface area contributed by atoms with E-state index in [1.165, 1.54) is 16.7 Å². The molecule has 0 amide bonds. The van der Waals surface area contributed by atoms with Crippen molar-refractivity contribution < 1.29 is 14.3 Å². The number of aromatic nitrogens is 2. The third-order valence-electron chi connectivity index (χ3n) is 11.6. The van der Waals surface area contributed by atoms with Crippen molar-refractivity contribution in [2.45, 2.75) is 141 Å². The maximum Gasteiger partial charge on any atom is 0.344 e. The van der Waals surface area contributed by atoms with Crippen LogP contribution in [0.2, 0.25) is 0 Å². The highest BCUT2D eigenvalue weighted by Gasteiger charge is 2.66. The van der Waals surface area contributed by atoms with Crippen LogP contribution in [0.3, 0.4) is 0 Å². The monoisotopic (exact) mass is 600 g/mol. The van der Waals surface area contributed by atoms with E-state index in [1.54, 1.807) is 0 Å². The number of nitrogens with zero attached hydrogens (tertiary/aromatic N) is 2. The zero-order chi connectivity index (χ0) is 33.4. The molecule has 2 aromatic heterocycles. The van der Waals surface area contributed by atoms with Crippen LogP contribution in [0.25, 0.3) is 22.3 Å². The molecule has 6 heteroatoms. The molecular weight excluding hydrogens is 548 g/mol. The first-order valence-corrected chi connectivity index (χ1v) is 16.0. The van der Waals surface area contributed by atoms with E-state index in [0.717, 1.165) is 44.5 Å². The minimum atomic E-state index is -1.53. The number of ether oxygens (including phenoxy) is 2. The third kappa shape index (κ3) is 3.72. The van der Waals surface area contributed by atoms with Crippen molar-refractivity contribution in [2.24, 2.45) is 10.8 Å². The first-order chi connectivity index (χ1) is 19.9. The standard InChI is InChI=1S/C38H52N2O4/c1-18(2)43-38(37(16,17)34(9,10)11)26-24(8)31-30-27(23(7)25-21(5)19(3)20(4)22(6)29(25)39-30)35(12,13)40(31)32(41)28(26)36(14,15)44-33(38)42/h18H,1-17H3/t38-/m0/s1. The quantitative estimate of drug-likeness (QED) is 0.282. The molecule has 3 aromatic rings. The van der Waals surface area contributed by atoms with Crippen LogP contribution in [0.15, 0.2) is 4.79 Å². The van der Waals surface area contributed by atoms with Gasteiger partial charge in [0.1, 0.15) is 5.60 Å². The summed E-state index contributed by atoms with van der Waals surface area (Å²) in [5.41, 5.74) is 6.89. The molecule has 0 bridgehead atoms. The van der Waals surface area contributed by atoms with Crippen molar-refractivity contribution in [3.63, 3.8) is 0 Å². The number of pyridine rings is 2. The van der Waals surface area contributed by atoms with Gasteiger partial charge in [0.25, 0.3) is 5.56 Å². The largest absolute Gasteiger partial charge is 0.452 e. The highest BCUT2D eigenvalue weighted by atomic mass is 16.6. The molecule has 238 valence electrons. The summed E-state index contributed by atoms with van der Waals surface area (Å²) in [6.45, 7) is 35.1. The Bertz CT molecular complexity index is 1850. The summed E-state index contributed by atoms with van der Waals surface area (Å²) in [6.07, 6.45) is -0.307. The number of hydrogen-bond acceptors (Lipinski definition) is 5. The normalized spacial score (nSPS) is 20.5. The lowest BCUT2D eigenvalue weighted by Crippen LogP contribution is -2.63. The first kappa shape index (κ1) is 32.4. The molecule has 2 aliphatic rings. The van der Waals surface area contributed by atoms with Gasteiger partial charge in [-0.25, -0.2) is 9.78 Å². The molecule has 2 aliphatic heterocycles. The van der Waals surface area contributed by atoms with Crippen molar-refractivity contribution >= 4 is 16.9 Å². The molecule has 1 atom stereocenters. The average molecular weight is 601 g/mol. The molecule has 6 nitrogen and oxygen atoms in total. The van der Waals surface area contributed by atoms with E-state index in [-0.39, 0.29) is 11.7 Å². The Morgan fingerprint density at radius 3 is 1.82 bits per heavy atom. The number of hydrogen-bond donors (Lipinski definition) is 0. The van der Waals surface area contributed by atoms with Crippen molar-refractivity contribution in [3.8, 4) is 11.4 Å². The molecule has 0 N–H and O–H groups in total. The Morgan fingerprint density at radius 2 is 1.30 bits per heavy atom. The molecule has 0 aliphatic carbocycles. The molecule has 44 heavy (non-hydrogen) atoms. The van der Waals surface area contributed by atoms with Gasteiger partial charge in [0.05, 0.1) is 34.1 Å². The van der Waals surface area contributed by atoms with Crippen LogP contribution in [0.5, 0.6) is 0 Å². The number of carbonyl (C=O) groups is 1. The van der Waals surface area contributed by atoms with Gasteiger partial charge >= 0.3 is 5.97 Å². The molecule has 0 saturated heterocycles. The molecule has 4 heterocycles. The number of benzene rings is 1. The smallest absolute Gasteiger partial charge is 0.344 e. The van der Waals surface area contributed by atoms with E-state index in [4.69, 9.17) is 14.5 Å². The molecule has 0 fully saturated rings. The number of carbonyl (C=O) groups excluding carboxylic acids is 1. The maximum absolute atomic E-state index is 15.1. The Kier molecular flexibility index (Phi) is 6.83. The summed E-state index contributed by atoms with van der Waals surface area (Å²) in [5.74, 6) is -0.450. The van der Waals surface area contributed by atoms with Crippen LogP contribution in [-0.2, 0) is 31.0 Å². The van der Waals surface area contributed by atoms with Crippen LogP contribution in [-0.4, -0.2) is 21.6 Å². The van der Waals surface area contributed by atoms with Gasteiger partial charge < -0.3 is 9.47 Å². The average Bonchev–Trinajstić information content (AvgIpc) is 3.12. The molecular formula is C38H52N2O4. The van der Waals surface area contributed by atoms with Gasteiger partial charge in [0.15, 0.2) is 5.60 Å². The second-order valence-corrected chi connectivity index (χ2v) is 16.2. The fourth-order valence-electron chi connectivity index (χ4n) is 8.16. The fraction of sp³-hybridized carbons (Fsp3) is 0.605. The van der Waals surface area contributed by atoms with Gasteiger partial charge in [-0.1, -0.05) is 34.6 Å². The SMILES string of the molecule is Cc1c(C)c(C)c2c(C)c3c(nc2c1C)-c1c(C)c2c(c(=O)n1C3(C)C)C(C)(C)OC(=O)[C@]2(OC(C)C)C(C)(C)C(C)(C)C.